The van der Waals surface area contributed by atoms with Crippen LogP contribution in [0.25, 0.3) is 11.0 Å². The highest BCUT2D eigenvalue weighted by Gasteiger charge is 2.32. The Morgan fingerprint density at radius 2 is 1.94 bits per heavy atom. The molecular formula is C23H33N5O3S2. The van der Waals surface area contributed by atoms with Gasteiger partial charge >= 0.3 is 0 Å². The molecule has 10 heteroatoms. The Bertz CT molecular complexity index is 1190. The third-order valence-electron chi connectivity index (χ3n) is 7.38. The van der Waals surface area contributed by atoms with Crippen LogP contribution in [-0.4, -0.2) is 63.1 Å². The summed E-state index contributed by atoms with van der Waals surface area (Å²) in [5.74, 6) is 1.68. The Morgan fingerprint density at radius 3 is 2.61 bits per heavy atom. The fourth-order valence-corrected chi connectivity index (χ4v) is 9.11. The second-order valence-corrected chi connectivity index (χ2v) is 13.6. The summed E-state index contributed by atoms with van der Waals surface area (Å²) in [5.41, 5.74) is 1.54. The Balaban J connectivity index is 1.28. The molecule has 2 saturated heterocycles. The molecule has 5 rings (SSSR count). The molecule has 0 amide bonds. The van der Waals surface area contributed by atoms with Crippen LogP contribution < -0.4 is 10.9 Å². The van der Waals surface area contributed by atoms with E-state index in [0.717, 1.165) is 68.2 Å². The lowest BCUT2D eigenvalue weighted by Crippen LogP contribution is -2.37. The number of hydrogen-bond acceptors (Lipinski definition) is 8. The molecule has 2 aliphatic heterocycles. The molecule has 4 heterocycles. The number of sulfone groups is 1. The van der Waals surface area contributed by atoms with Crippen LogP contribution >= 0.6 is 11.9 Å². The number of aryl methyl sites for hydroxylation is 1. The van der Waals surface area contributed by atoms with Gasteiger partial charge in [0, 0.05) is 47.6 Å². The average molecular weight is 492 g/mol. The molecule has 1 N–H and O–H groups in total. The lowest BCUT2D eigenvalue weighted by atomic mass is 10.1. The lowest BCUT2D eigenvalue weighted by molar-refractivity contribution is 0.356. The Kier molecular flexibility index (Phi) is 6.43. The van der Waals surface area contributed by atoms with E-state index in [1.54, 1.807) is 11.9 Å². The number of fused-ring (bicyclic) bond motifs is 1. The molecule has 0 bridgehead atoms. The van der Waals surface area contributed by atoms with Gasteiger partial charge in [-0.2, -0.15) is 4.98 Å². The number of aromatic nitrogens is 3. The number of nitrogens with zero attached hydrogens (tertiary/aromatic N) is 4. The Morgan fingerprint density at radius 1 is 1.15 bits per heavy atom. The highest BCUT2D eigenvalue weighted by molar-refractivity contribution is 8.00. The number of hydrogen-bond donors (Lipinski definition) is 1. The second kappa shape index (κ2) is 9.19. The molecule has 1 saturated carbocycles. The van der Waals surface area contributed by atoms with Gasteiger partial charge in [-0.1, -0.05) is 25.3 Å². The summed E-state index contributed by atoms with van der Waals surface area (Å²) in [6.45, 7) is 5.92. The first kappa shape index (κ1) is 23.1. The van der Waals surface area contributed by atoms with Crippen molar-refractivity contribution in [1.82, 2.24) is 18.8 Å². The van der Waals surface area contributed by atoms with Crippen LogP contribution in [0, 0.1) is 12.8 Å². The minimum absolute atomic E-state index is 0.0603. The smallest absolute Gasteiger partial charge is 0.255 e. The predicted molar refractivity (Wildman–Crippen MR) is 133 cm³/mol. The summed E-state index contributed by atoms with van der Waals surface area (Å²) >= 11 is 1.72. The van der Waals surface area contributed by atoms with Gasteiger partial charge in [0.1, 0.15) is 5.65 Å². The van der Waals surface area contributed by atoms with Crippen molar-refractivity contribution >= 4 is 38.8 Å². The summed E-state index contributed by atoms with van der Waals surface area (Å²) in [6.07, 6.45) is 7.81. The number of rotatable bonds is 5. The van der Waals surface area contributed by atoms with Gasteiger partial charge in [-0.25, -0.2) is 13.4 Å². The van der Waals surface area contributed by atoms with E-state index < -0.39 is 9.84 Å². The maximum atomic E-state index is 13.1. The monoisotopic (exact) mass is 491 g/mol. The highest BCUT2D eigenvalue weighted by Crippen LogP contribution is 2.36. The zero-order valence-electron chi connectivity index (χ0n) is 19.4. The third-order valence-corrected chi connectivity index (χ3v) is 10.7. The van der Waals surface area contributed by atoms with Crippen molar-refractivity contribution < 1.29 is 8.42 Å². The molecule has 2 aromatic heterocycles. The SMILES string of the molecule is Cc1cc2cnc(NC3CCN(SC4CCS(=O)(=O)C4)CC3)nc2n(C2CCCC2C)c1=O. The molecule has 180 valence electrons. The number of anilines is 1. The van der Waals surface area contributed by atoms with E-state index in [9.17, 15) is 13.2 Å². The van der Waals surface area contributed by atoms with Crippen LogP contribution in [0.3, 0.4) is 0 Å². The van der Waals surface area contributed by atoms with E-state index in [0.29, 0.717) is 23.4 Å². The lowest BCUT2D eigenvalue weighted by Gasteiger charge is -2.32. The fraction of sp³-hybridized carbons (Fsp3) is 0.696. The molecule has 2 aromatic rings. The molecule has 3 fully saturated rings. The van der Waals surface area contributed by atoms with Gasteiger partial charge in [-0.05, 0) is 51.0 Å². The average Bonchev–Trinajstić information content (AvgIpc) is 3.35. The Labute approximate surface area is 199 Å². The molecule has 0 radical (unpaired) electrons. The van der Waals surface area contributed by atoms with E-state index in [4.69, 9.17) is 4.98 Å². The third kappa shape index (κ3) is 4.93. The predicted octanol–water partition coefficient (Wildman–Crippen LogP) is 3.17. The van der Waals surface area contributed by atoms with Crippen LogP contribution in [-0.2, 0) is 9.84 Å². The molecule has 0 aromatic carbocycles. The molecule has 8 nitrogen and oxygen atoms in total. The summed E-state index contributed by atoms with van der Waals surface area (Å²) in [5, 5.41) is 4.60. The number of piperidine rings is 1. The number of nitrogens with one attached hydrogen (secondary N) is 1. The van der Waals surface area contributed by atoms with E-state index in [1.807, 2.05) is 23.8 Å². The van der Waals surface area contributed by atoms with Crippen LogP contribution in [0.4, 0.5) is 5.95 Å². The standard InChI is InChI=1S/C23H33N5O3S2/c1-15-4-3-5-20(15)28-21-17(12-16(2)22(28)29)13-24-23(26-21)25-18-6-9-27(10-7-18)32-19-8-11-33(30,31)14-19/h12-13,15,18-20H,3-11,14H2,1-2H3,(H,24,25,26). The van der Waals surface area contributed by atoms with E-state index in [-0.39, 0.29) is 22.9 Å². The van der Waals surface area contributed by atoms with Crippen LogP contribution in [0.2, 0.25) is 0 Å². The maximum Gasteiger partial charge on any atom is 0.255 e. The van der Waals surface area contributed by atoms with E-state index >= 15 is 0 Å². The highest BCUT2D eigenvalue weighted by atomic mass is 32.2. The zero-order valence-corrected chi connectivity index (χ0v) is 21.0. The summed E-state index contributed by atoms with van der Waals surface area (Å²) in [6, 6.07) is 2.36. The topological polar surface area (TPSA) is 97.2 Å². The molecule has 3 unspecified atom stereocenters. The van der Waals surface area contributed by atoms with Crippen molar-refractivity contribution in [3.63, 3.8) is 0 Å². The number of pyridine rings is 1. The molecule has 0 spiro atoms. The largest absolute Gasteiger partial charge is 0.351 e. The van der Waals surface area contributed by atoms with Crippen LogP contribution in [0.5, 0.6) is 0 Å². The minimum atomic E-state index is -2.84. The van der Waals surface area contributed by atoms with Gasteiger partial charge in [-0.15, -0.1) is 0 Å². The normalized spacial score (nSPS) is 28.5. The van der Waals surface area contributed by atoms with Gasteiger partial charge in [0.05, 0.1) is 11.5 Å². The summed E-state index contributed by atoms with van der Waals surface area (Å²) in [7, 11) is -2.84. The van der Waals surface area contributed by atoms with Gasteiger partial charge in [0.2, 0.25) is 5.95 Å². The minimum Gasteiger partial charge on any atom is -0.351 e. The summed E-state index contributed by atoms with van der Waals surface area (Å²) in [4.78, 5) is 22.4. The summed E-state index contributed by atoms with van der Waals surface area (Å²) < 4.78 is 27.7. The zero-order chi connectivity index (χ0) is 23.2. The van der Waals surface area contributed by atoms with Gasteiger partial charge < -0.3 is 5.32 Å². The van der Waals surface area contributed by atoms with Gasteiger partial charge in [0.15, 0.2) is 9.84 Å². The van der Waals surface area contributed by atoms with Crippen LogP contribution in [0.1, 0.15) is 57.1 Å². The maximum absolute atomic E-state index is 13.1. The van der Waals surface area contributed by atoms with Crippen molar-refractivity contribution in [3.05, 3.63) is 28.2 Å². The van der Waals surface area contributed by atoms with Crippen molar-refractivity contribution in [3.8, 4) is 0 Å². The van der Waals surface area contributed by atoms with Crippen molar-refractivity contribution in [2.45, 2.75) is 69.7 Å². The van der Waals surface area contributed by atoms with Crippen molar-refractivity contribution in [2.75, 3.05) is 29.9 Å². The fourth-order valence-electron chi connectivity index (χ4n) is 5.49. The first-order valence-electron chi connectivity index (χ1n) is 12.1. The van der Waals surface area contributed by atoms with E-state index in [2.05, 4.69) is 21.5 Å². The van der Waals surface area contributed by atoms with Gasteiger partial charge in [0.25, 0.3) is 5.56 Å². The molecule has 3 atom stereocenters. The second-order valence-electron chi connectivity index (χ2n) is 9.93. The van der Waals surface area contributed by atoms with Crippen molar-refractivity contribution in [1.29, 1.82) is 0 Å². The molecule has 1 aliphatic carbocycles. The molecular weight excluding hydrogens is 458 g/mol. The first-order chi connectivity index (χ1) is 15.8. The first-order valence-corrected chi connectivity index (χ1v) is 14.7. The molecule has 33 heavy (non-hydrogen) atoms. The molecule has 3 aliphatic rings. The van der Waals surface area contributed by atoms with Gasteiger partial charge in [-0.3, -0.25) is 13.7 Å². The quantitative estimate of drug-likeness (QED) is 0.637. The van der Waals surface area contributed by atoms with Crippen LogP contribution in [0.15, 0.2) is 17.1 Å². The van der Waals surface area contributed by atoms with E-state index in [1.165, 1.54) is 0 Å². The Hall–Kier alpha value is -1.65. The van der Waals surface area contributed by atoms with Crippen molar-refractivity contribution in [2.24, 2.45) is 5.92 Å².